The zero-order valence-electron chi connectivity index (χ0n) is 11.6. The van der Waals surface area contributed by atoms with Crippen LogP contribution in [0.5, 0.6) is 0 Å². The van der Waals surface area contributed by atoms with Crippen LogP contribution in [0, 0.1) is 13.8 Å². The maximum atomic E-state index is 4.44. The summed E-state index contributed by atoms with van der Waals surface area (Å²) in [6.07, 6.45) is 0.872. The van der Waals surface area contributed by atoms with E-state index in [2.05, 4.69) is 42.9 Å². The molecule has 0 amide bonds. The van der Waals surface area contributed by atoms with Crippen molar-refractivity contribution < 1.29 is 0 Å². The first-order valence-electron chi connectivity index (χ1n) is 6.24. The molecule has 0 radical (unpaired) electrons. The molecule has 0 spiro atoms. The Kier molecular flexibility index (Phi) is 4.70. The zero-order chi connectivity index (χ0) is 14.0. The van der Waals surface area contributed by atoms with Crippen molar-refractivity contribution in [3.8, 4) is 0 Å². The minimum Gasteiger partial charge on any atom is -0.309 e. The molecule has 0 aliphatic heterocycles. The van der Waals surface area contributed by atoms with Gasteiger partial charge in [0.25, 0.3) is 0 Å². The van der Waals surface area contributed by atoms with E-state index in [1.165, 1.54) is 22.1 Å². The van der Waals surface area contributed by atoms with E-state index in [0.29, 0.717) is 0 Å². The number of nitrogens with zero attached hydrogens (tertiary/aromatic N) is 4. The molecule has 0 aromatic carbocycles. The first kappa shape index (κ1) is 14.6. The number of rotatable bonds is 5. The summed E-state index contributed by atoms with van der Waals surface area (Å²) >= 11 is 5.09. The van der Waals surface area contributed by atoms with Crippen molar-refractivity contribution in [1.82, 2.24) is 24.7 Å². The SMILES string of the molecule is CCNC(Cc1c(Br)c(C)nn1C)c1snnc1C. The Bertz CT molecular complexity index is 562. The molecule has 0 saturated carbocycles. The fourth-order valence-electron chi connectivity index (χ4n) is 2.16. The summed E-state index contributed by atoms with van der Waals surface area (Å²) in [5.41, 5.74) is 3.22. The van der Waals surface area contributed by atoms with E-state index in [-0.39, 0.29) is 6.04 Å². The van der Waals surface area contributed by atoms with Crippen molar-refractivity contribution in [3.63, 3.8) is 0 Å². The highest BCUT2D eigenvalue weighted by molar-refractivity contribution is 9.10. The van der Waals surface area contributed by atoms with Gasteiger partial charge in [-0.1, -0.05) is 11.4 Å². The molecule has 0 bridgehead atoms. The number of aromatic nitrogens is 4. The lowest BCUT2D eigenvalue weighted by Crippen LogP contribution is -2.24. The lowest BCUT2D eigenvalue weighted by molar-refractivity contribution is 0.532. The van der Waals surface area contributed by atoms with Gasteiger partial charge < -0.3 is 5.32 Å². The van der Waals surface area contributed by atoms with E-state index in [0.717, 1.165) is 28.8 Å². The normalized spacial score (nSPS) is 12.9. The minimum atomic E-state index is 0.232. The molecule has 104 valence electrons. The number of nitrogens with one attached hydrogen (secondary N) is 1. The molecule has 0 aliphatic carbocycles. The Labute approximate surface area is 125 Å². The second kappa shape index (κ2) is 6.11. The Morgan fingerprint density at radius 3 is 2.58 bits per heavy atom. The van der Waals surface area contributed by atoms with E-state index >= 15 is 0 Å². The van der Waals surface area contributed by atoms with Gasteiger partial charge in [-0.2, -0.15) is 5.10 Å². The average molecular weight is 344 g/mol. The molecule has 1 N–H and O–H groups in total. The molecule has 7 heteroatoms. The third kappa shape index (κ3) is 3.04. The minimum absolute atomic E-state index is 0.232. The standard InChI is InChI=1S/C12H18BrN5S/c1-5-14-9(12-8(3)15-17-19-12)6-10-11(13)7(2)16-18(10)4/h9,14H,5-6H2,1-4H3. The third-order valence-electron chi connectivity index (χ3n) is 3.11. The lowest BCUT2D eigenvalue weighted by Gasteiger charge is -2.17. The van der Waals surface area contributed by atoms with E-state index in [1.54, 1.807) is 0 Å². The van der Waals surface area contributed by atoms with Crippen molar-refractivity contribution in [1.29, 1.82) is 0 Å². The quantitative estimate of drug-likeness (QED) is 0.906. The van der Waals surface area contributed by atoms with Gasteiger partial charge in [-0.05, 0) is 47.9 Å². The molecule has 0 saturated heterocycles. The summed E-state index contributed by atoms with van der Waals surface area (Å²) in [7, 11) is 1.98. The number of hydrogen-bond acceptors (Lipinski definition) is 5. The van der Waals surface area contributed by atoms with E-state index in [4.69, 9.17) is 0 Å². The smallest absolute Gasteiger partial charge is 0.0772 e. The number of aryl methyl sites for hydroxylation is 3. The Morgan fingerprint density at radius 1 is 1.37 bits per heavy atom. The van der Waals surface area contributed by atoms with Crippen molar-refractivity contribution >= 4 is 27.5 Å². The molecule has 0 aliphatic rings. The molecule has 1 unspecified atom stereocenters. The largest absolute Gasteiger partial charge is 0.309 e. The van der Waals surface area contributed by atoms with Crippen LogP contribution in [0.1, 0.15) is 34.9 Å². The van der Waals surface area contributed by atoms with Crippen LogP contribution in [0.2, 0.25) is 0 Å². The number of halogens is 1. The van der Waals surface area contributed by atoms with Crippen LogP contribution >= 0.6 is 27.5 Å². The highest BCUT2D eigenvalue weighted by atomic mass is 79.9. The van der Waals surface area contributed by atoms with Gasteiger partial charge in [0, 0.05) is 13.5 Å². The molecular formula is C12H18BrN5S. The number of likely N-dealkylation sites (N-methyl/N-ethyl adjacent to an activating group) is 1. The summed E-state index contributed by atoms with van der Waals surface area (Å²) in [4.78, 5) is 1.20. The van der Waals surface area contributed by atoms with E-state index < -0.39 is 0 Å². The first-order valence-corrected chi connectivity index (χ1v) is 7.81. The highest BCUT2D eigenvalue weighted by Gasteiger charge is 2.21. The lowest BCUT2D eigenvalue weighted by atomic mass is 10.1. The van der Waals surface area contributed by atoms with Crippen LogP contribution in [-0.4, -0.2) is 25.9 Å². The summed E-state index contributed by atoms with van der Waals surface area (Å²) in [6.45, 7) is 7.04. The van der Waals surface area contributed by atoms with Gasteiger partial charge in [0.15, 0.2) is 0 Å². The topological polar surface area (TPSA) is 55.6 Å². The summed E-state index contributed by atoms with van der Waals surface area (Å²) in [5, 5.41) is 12.1. The first-order chi connectivity index (χ1) is 9.04. The molecule has 2 heterocycles. The Morgan fingerprint density at radius 2 is 2.11 bits per heavy atom. The van der Waals surface area contributed by atoms with Gasteiger partial charge in [0.1, 0.15) is 0 Å². The molecule has 0 fully saturated rings. The average Bonchev–Trinajstić information content (AvgIpc) is 2.88. The van der Waals surface area contributed by atoms with Crippen molar-refractivity contribution in [2.45, 2.75) is 33.2 Å². The van der Waals surface area contributed by atoms with Crippen LogP contribution in [0.25, 0.3) is 0 Å². The summed E-state index contributed by atoms with van der Waals surface area (Å²) in [6, 6.07) is 0.232. The van der Waals surface area contributed by atoms with Crippen LogP contribution in [0.15, 0.2) is 4.47 Å². The predicted molar refractivity (Wildman–Crippen MR) is 80.4 cm³/mol. The maximum absolute atomic E-state index is 4.44. The van der Waals surface area contributed by atoms with Crippen molar-refractivity contribution in [3.05, 3.63) is 26.4 Å². The van der Waals surface area contributed by atoms with Gasteiger partial charge in [0.05, 0.1) is 32.5 Å². The second-order valence-corrected chi connectivity index (χ2v) is 6.09. The molecule has 2 aromatic rings. The van der Waals surface area contributed by atoms with Crippen molar-refractivity contribution in [2.75, 3.05) is 6.54 Å². The third-order valence-corrected chi connectivity index (χ3v) is 5.08. The Balaban J connectivity index is 2.29. The molecule has 2 aromatic heterocycles. The van der Waals surface area contributed by atoms with E-state index in [9.17, 15) is 0 Å². The highest BCUT2D eigenvalue weighted by Crippen LogP contribution is 2.28. The molecular weight excluding hydrogens is 326 g/mol. The summed E-state index contributed by atoms with van der Waals surface area (Å²) < 4.78 is 7.06. The molecule has 5 nitrogen and oxygen atoms in total. The van der Waals surface area contributed by atoms with E-state index in [1.807, 2.05) is 25.6 Å². The Hall–Kier alpha value is -0.790. The maximum Gasteiger partial charge on any atom is 0.0772 e. The monoisotopic (exact) mass is 343 g/mol. The molecule has 2 rings (SSSR count). The fraction of sp³-hybridized carbons (Fsp3) is 0.583. The molecule has 1 atom stereocenters. The predicted octanol–water partition coefficient (Wildman–Crippen LogP) is 2.54. The van der Waals surface area contributed by atoms with Gasteiger partial charge in [-0.3, -0.25) is 4.68 Å². The molecule has 19 heavy (non-hydrogen) atoms. The van der Waals surface area contributed by atoms with Crippen molar-refractivity contribution in [2.24, 2.45) is 7.05 Å². The van der Waals surface area contributed by atoms with Gasteiger partial charge in [-0.25, -0.2) is 0 Å². The second-order valence-electron chi connectivity index (χ2n) is 4.51. The van der Waals surface area contributed by atoms with Crippen LogP contribution < -0.4 is 5.32 Å². The van der Waals surface area contributed by atoms with Gasteiger partial charge in [-0.15, -0.1) is 5.10 Å². The van der Waals surface area contributed by atoms with Crippen LogP contribution in [-0.2, 0) is 13.5 Å². The fourth-order valence-corrected chi connectivity index (χ4v) is 3.37. The summed E-state index contributed by atoms with van der Waals surface area (Å²) in [5.74, 6) is 0. The van der Waals surface area contributed by atoms with Crippen LogP contribution in [0.3, 0.4) is 0 Å². The zero-order valence-corrected chi connectivity index (χ0v) is 14.0. The van der Waals surface area contributed by atoms with Gasteiger partial charge in [0.2, 0.25) is 0 Å². The number of hydrogen-bond donors (Lipinski definition) is 1. The van der Waals surface area contributed by atoms with Gasteiger partial charge >= 0.3 is 0 Å². The van der Waals surface area contributed by atoms with Crippen LogP contribution in [0.4, 0.5) is 0 Å².